The first-order valence-electron chi connectivity index (χ1n) is 4.36. The van der Waals surface area contributed by atoms with Crippen molar-refractivity contribution in [1.29, 1.82) is 0 Å². The van der Waals surface area contributed by atoms with Crippen LogP contribution in [0.4, 0.5) is 14.5 Å². The molecule has 1 rings (SSSR count). The molecule has 0 amide bonds. The Morgan fingerprint density at radius 2 is 1.93 bits per heavy atom. The third kappa shape index (κ3) is 2.50. The van der Waals surface area contributed by atoms with E-state index in [4.69, 9.17) is 5.11 Å². The van der Waals surface area contributed by atoms with Crippen LogP contribution >= 0.6 is 0 Å². The molecule has 0 bridgehead atoms. The monoisotopic (exact) mass is 215 g/mol. The molecule has 0 heterocycles. The fourth-order valence-corrected chi connectivity index (χ4v) is 1.28. The largest absolute Gasteiger partial charge is 0.395 e. The van der Waals surface area contributed by atoms with Crippen molar-refractivity contribution >= 4 is 12.0 Å². The van der Waals surface area contributed by atoms with Gasteiger partial charge in [0.2, 0.25) is 0 Å². The van der Waals surface area contributed by atoms with Gasteiger partial charge in [-0.15, -0.1) is 0 Å². The van der Waals surface area contributed by atoms with Gasteiger partial charge in [-0.2, -0.15) is 0 Å². The maximum Gasteiger partial charge on any atom is 0.150 e. The molecule has 0 aliphatic rings. The zero-order valence-corrected chi connectivity index (χ0v) is 8.20. The highest BCUT2D eigenvalue weighted by atomic mass is 19.1. The second kappa shape index (κ2) is 4.84. The lowest BCUT2D eigenvalue weighted by Gasteiger charge is -2.19. The van der Waals surface area contributed by atoms with Crippen LogP contribution in [0.1, 0.15) is 10.4 Å². The highest BCUT2D eigenvalue weighted by Crippen LogP contribution is 2.23. The highest BCUT2D eigenvalue weighted by Gasteiger charge is 2.14. The summed E-state index contributed by atoms with van der Waals surface area (Å²) in [7, 11) is 1.46. The molecule has 0 unspecified atom stereocenters. The zero-order chi connectivity index (χ0) is 11.4. The second-order valence-electron chi connectivity index (χ2n) is 3.10. The van der Waals surface area contributed by atoms with Gasteiger partial charge in [-0.25, -0.2) is 8.78 Å². The molecule has 0 atom stereocenters. The van der Waals surface area contributed by atoms with Gasteiger partial charge in [0.25, 0.3) is 0 Å². The molecular weight excluding hydrogens is 204 g/mol. The molecule has 1 aromatic carbocycles. The van der Waals surface area contributed by atoms with Crippen LogP contribution in [0.15, 0.2) is 12.1 Å². The van der Waals surface area contributed by atoms with Crippen molar-refractivity contribution in [3.05, 3.63) is 29.3 Å². The third-order valence-corrected chi connectivity index (χ3v) is 1.99. The maximum atomic E-state index is 13.3. The van der Waals surface area contributed by atoms with Gasteiger partial charge in [-0.05, 0) is 12.1 Å². The van der Waals surface area contributed by atoms with Crippen LogP contribution in [0.25, 0.3) is 0 Å². The molecule has 0 saturated heterocycles. The smallest absolute Gasteiger partial charge is 0.150 e. The first-order chi connectivity index (χ1) is 7.10. The number of hydrogen-bond acceptors (Lipinski definition) is 3. The fraction of sp³-hybridized carbons (Fsp3) is 0.300. The van der Waals surface area contributed by atoms with Crippen LogP contribution in [-0.2, 0) is 0 Å². The van der Waals surface area contributed by atoms with E-state index >= 15 is 0 Å². The lowest BCUT2D eigenvalue weighted by molar-refractivity contribution is 0.112. The van der Waals surface area contributed by atoms with Gasteiger partial charge >= 0.3 is 0 Å². The normalized spacial score (nSPS) is 10.1. The van der Waals surface area contributed by atoms with Crippen molar-refractivity contribution in [3.63, 3.8) is 0 Å². The number of halogens is 2. The van der Waals surface area contributed by atoms with Crippen LogP contribution in [0, 0.1) is 11.6 Å². The van der Waals surface area contributed by atoms with Gasteiger partial charge in [0, 0.05) is 19.2 Å². The molecule has 1 N–H and O–H groups in total. The number of hydrogen-bond donors (Lipinski definition) is 1. The van der Waals surface area contributed by atoms with Crippen LogP contribution in [0.3, 0.4) is 0 Å². The molecule has 0 radical (unpaired) electrons. The number of nitrogens with zero attached hydrogens (tertiary/aromatic N) is 1. The maximum absolute atomic E-state index is 13.3. The predicted octanol–water partition coefficient (Wildman–Crippen LogP) is 1.21. The molecule has 0 saturated carbocycles. The number of aliphatic hydroxyl groups excluding tert-OH is 1. The molecule has 82 valence electrons. The number of carbonyl (C=O) groups excluding carboxylic acids is 1. The molecule has 5 heteroatoms. The summed E-state index contributed by atoms with van der Waals surface area (Å²) in [5, 5.41) is 8.64. The minimum absolute atomic E-state index is 0.0499. The predicted molar refractivity (Wildman–Crippen MR) is 52.1 cm³/mol. The van der Waals surface area contributed by atoms with Gasteiger partial charge in [-0.1, -0.05) is 0 Å². The Bertz CT molecular complexity index is 345. The Hall–Kier alpha value is -1.49. The molecule has 1 aromatic rings. The van der Waals surface area contributed by atoms with Crippen molar-refractivity contribution in [2.24, 2.45) is 0 Å². The molecule has 15 heavy (non-hydrogen) atoms. The minimum Gasteiger partial charge on any atom is -0.395 e. The number of aliphatic hydroxyl groups is 1. The number of rotatable bonds is 4. The van der Waals surface area contributed by atoms with Crippen LogP contribution in [-0.4, -0.2) is 31.6 Å². The standard InChI is InChI=1S/C10H11F2NO2/c1-13(2-3-14)10-8(11)4-7(6-15)5-9(10)12/h4-6,14H,2-3H2,1H3. The van der Waals surface area contributed by atoms with E-state index in [1.807, 2.05) is 0 Å². The lowest BCUT2D eigenvalue weighted by Crippen LogP contribution is -2.23. The van der Waals surface area contributed by atoms with Crippen molar-refractivity contribution in [2.75, 3.05) is 25.1 Å². The third-order valence-electron chi connectivity index (χ3n) is 1.99. The number of aldehydes is 1. The van der Waals surface area contributed by atoms with Gasteiger partial charge in [0.1, 0.15) is 23.6 Å². The van der Waals surface area contributed by atoms with E-state index in [0.717, 1.165) is 12.1 Å². The first kappa shape index (κ1) is 11.6. The first-order valence-corrected chi connectivity index (χ1v) is 4.36. The van der Waals surface area contributed by atoms with Gasteiger partial charge in [0.15, 0.2) is 0 Å². The molecular formula is C10H11F2NO2. The molecule has 3 nitrogen and oxygen atoms in total. The van der Waals surface area contributed by atoms with Crippen LogP contribution < -0.4 is 4.90 Å². The van der Waals surface area contributed by atoms with E-state index in [-0.39, 0.29) is 24.4 Å². The summed E-state index contributed by atoms with van der Waals surface area (Å²) >= 11 is 0. The summed E-state index contributed by atoms with van der Waals surface area (Å²) in [6.07, 6.45) is 0.377. The average molecular weight is 215 g/mol. The molecule has 0 aliphatic carbocycles. The number of likely N-dealkylation sites (N-methyl/N-ethyl adjacent to an activating group) is 1. The molecule has 0 aromatic heterocycles. The Kier molecular flexibility index (Phi) is 3.74. The Morgan fingerprint density at radius 1 is 1.40 bits per heavy atom. The highest BCUT2D eigenvalue weighted by molar-refractivity contribution is 5.76. The minimum atomic E-state index is -0.812. The second-order valence-corrected chi connectivity index (χ2v) is 3.10. The number of benzene rings is 1. The zero-order valence-electron chi connectivity index (χ0n) is 8.20. The van der Waals surface area contributed by atoms with Gasteiger partial charge in [-0.3, -0.25) is 4.79 Å². The van der Waals surface area contributed by atoms with E-state index in [1.54, 1.807) is 0 Å². The molecule has 0 fully saturated rings. The van der Waals surface area contributed by atoms with E-state index in [0.29, 0.717) is 6.29 Å². The SMILES string of the molecule is CN(CCO)c1c(F)cc(C=O)cc1F. The Morgan fingerprint density at radius 3 is 2.33 bits per heavy atom. The van der Waals surface area contributed by atoms with Crippen LogP contribution in [0.2, 0.25) is 0 Å². The van der Waals surface area contributed by atoms with E-state index in [2.05, 4.69) is 0 Å². The van der Waals surface area contributed by atoms with Crippen molar-refractivity contribution in [1.82, 2.24) is 0 Å². The quantitative estimate of drug-likeness (QED) is 0.767. The van der Waals surface area contributed by atoms with Crippen molar-refractivity contribution < 1.29 is 18.7 Å². The summed E-state index contributed by atoms with van der Waals surface area (Å²) in [6.45, 7) is -0.0842. The summed E-state index contributed by atoms with van der Waals surface area (Å²) in [4.78, 5) is 11.6. The van der Waals surface area contributed by atoms with E-state index < -0.39 is 11.6 Å². The summed E-state index contributed by atoms with van der Waals surface area (Å²) < 4.78 is 26.7. The van der Waals surface area contributed by atoms with Crippen molar-refractivity contribution in [2.45, 2.75) is 0 Å². The molecule has 0 spiro atoms. The Balaban J connectivity index is 3.12. The number of carbonyl (C=O) groups is 1. The van der Waals surface area contributed by atoms with E-state index in [9.17, 15) is 13.6 Å². The summed E-state index contributed by atoms with van der Waals surface area (Å²) in [5.41, 5.74) is -0.291. The average Bonchev–Trinajstić information content (AvgIpc) is 2.16. The summed E-state index contributed by atoms with van der Waals surface area (Å²) in [5.74, 6) is -1.62. The number of anilines is 1. The topological polar surface area (TPSA) is 40.5 Å². The summed E-state index contributed by atoms with van der Waals surface area (Å²) in [6, 6.07) is 1.92. The fourth-order valence-electron chi connectivity index (χ4n) is 1.28. The van der Waals surface area contributed by atoms with E-state index in [1.165, 1.54) is 11.9 Å². The van der Waals surface area contributed by atoms with Gasteiger partial charge in [0.05, 0.1) is 6.61 Å². The van der Waals surface area contributed by atoms with Crippen molar-refractivity contribution in [3.8, 4) is 0 Å². The lowest BCUT2D eigenvalue weighted by atomic mass is 10.2. The molecule has 0 aliphatic heterocycles. The van der Waals surface area contributed by atoms with Gasteiger partial charge < -0.3 is 10.0 Å². The van der Waals surface area contributed by atoms with Crippen LogP contribution in [0.5, 0.6) is 0 Å². The Labute approximate surface area is 85.9 Å².